The van der Waals surface area contributed by atoms with Crippen molar-refractivity contribution < 1.29 is 4.79 Å². The van der Waals surface area contributed by atoms with Crippen LogP contribution in [-0.2, 0) is 24.3 Å². The number of benzene rings is 1. The van der Waals surface area contributed by atoms with Gasteiger partial charge in [0, 0.05) is 23.9 Å². The van der Waals surface area contributed by atoms with Gasteiger partial charge in [-0.05, 0) is 19.4 Å². The zero-order valence-electron chi connectivity index (χ0n) is 14.0. The van der Waals surface area contributed by atoms with Crippen LogP contribution in [-0.4, -0.2) is 37.1 Å². The zero-order valence-corrected chi connectivity index (χ0v) is 14.0. The van der Waals surface area contributed by atoms with Crippen LogP contribution in [0.3, 0.4) is 0 Å². The summed E-state index contributed by atoms with van der Waals surface area (Å²) in [4.78, 5) is 33.4. The quantitative estimate of drug-likeness (QED) is 0.783. The Kier molecular flexibility index (Phi) is 3.83. The largest absolute Gasteiger partial charge is 0.336 e. The minimum atomic E-state index is -0.0855. The molecule has 1 aliphatic heterocycles. The van der Waals surface area contributed by atoms with E-state index in [1.807, 2.05) is 35.1 Å². The molecule has 0 fully saturated rings. The van der Waals surface area contributed by atoms with Crippen LogP contribution in [0.1, 0.15) is 23.5 Å². The third-order valence-corrected chi connectivity index (χ3v) is 4.63. The van der Waals surface area contributed by atoms with Crippen LogP contribution < -0.4 is 5.56 Å². The Balaban J connectivity index is 1.46. The summed E-state index contributed by atoms with van der Waals surface area (Å²) in [5.74, 6) is 0.644. The molecule has 7 heteroatoms. The van der Waals surface area contributed by atoms with E-state index in [4.69, 9.17) is 0 Å². The van der Waals surface area contributed by atoms with Crippen molar-refractivity contribution in [1.82, 2.24) is 24.6 Å². The predicted octanol–water partition coefficient (Wildman–Crippen LogP) is 1.40. The van der Waals surface area contributed by atoms with Crippen LogP contribution in [0.25, 0.3) is 10.9 Å². The Morgan fingerprint density at radius 1 is 1.32 bits per heavy atom. The lowest BCUT2D eigenvalue weighted by atomic mass is 10.1. The summed E-state index contributed by atoms with van der Waals surface area (Å²) in [6, 6.07) is 7.95. The number of para-hydroxylation sites is 1. The number of hydrogen-bond donors (Lipinski definition) is 1. The van der Waals surface area contributed by atoms with Gasteiger partial charge in [-0.3, -0.25) is 14.3 Å². The second-order valence-corrected chi connectivity index (χ2v) is 6.32. The van der Waals surface area contributed by atoms with E-state index in [2.05, 4.69) is 15.1 Å². The fraction of sp³-hybridized carbons (Fsp3) is 0.333. The molecule has 1 aromatic carbocycles. The molecule has 3 aromatic rings. The average Bonchev–Trinajstić information content (AvgIpc) is 3.02. The summed E-state index contributed by atoms with van der Waals surface area (Å²) in [5, 5.41) is 5.43. The smallest absolute Gasteiger partial charge is 0.254 e. The Labute approximate surface area is 144 Å². The molecule has 0 saturated carbocycles. The van der Waals surface area contributed by atoms with Gasteiger partial charge in [-0.2, -0.15) is 5.10 Å². The van der Waals surface area contributed by atoms with Crippen molar-refractivity contribution in [2.24, 2.45) is 0 Å². The van der Waals surface area contributed by atoms with Gasteiger partial charge >= 0.3 is 0 Å². The number of amides is 1. The minimum absolute atomic E-state index is 0.0602. The highest BCUT2D eigenvalue weighted by molar-refractivity contribution is 5.79. The van der Waals surface area contributed by atoms with Crippen molar-refractivity contribution in [2.45, 2.75) is 32.9 Å². The highest BCUT2D eigenvalue weighted by Gasteiger charge is 2.23. The summed E-state index contributed by atoms with van der Waals surface area (Å²) in [6.45, 7) is 3.25. The maximum absolute atomic E-state index is 12.6. The monoisotopic (exact) mass is 337 g/mol. The maximum Gasteiger partial charge on any atom is 0.254 e. The number of hydrogen-bond acceptors (Lipinski definition) is 4. The van der Waals surface area contributed by atoms with Crippen LogP contribution in [0.5, 0.6) is 0 Å². The van der Waals surface area contributed by atoms with Crippen molar-refractivity contribution >= 4 is 16.8 Å². The normalized spacial score (nSPS) is 13.9. The molecule has 128 valence electrons. The number of H-pyrrole nitrogens is 1. The van der Waals surface area contributed by atoms with Crippen LogP contribution in [0.15, 0.2) is 35.3 Å². The average molecular weight is 337 g/mol. The first kappa shape index (κ1) is 15.6. The predicted molar refractivity (Wildman–Crippen MR) is 93.1 cm³/mol. The molecule has 25 heavy (non-hydrogen) atoms. The van der Waals surface area contributed by atoms with E-state index in [0.717, 1.165) is 10.9 Å². The Hall–Kier alpha value is -2.96. The zero-order chi connectivity index (χ0) is 17.4. The molecule has 0 spiro atoms. The van der Waals surface area contributed by atoms with Gasteiger partial charge in [0.2, 0.25) is 5.91 Å². The number of aromatic nitrogens is 4. The van der Waals surface area contributed by atoms with Crippen molar-refractivity contribution in [3.05, 3.63) is 57.9 Å². The number of aromatic amines is 1. The van der Waals surface area contributed by atoms with E-state index in [-0.39, 0.29) is 11.5 Å². The molecule has 4 rings (SSSR count). The van der Waals surface area contributed by atoms with Gasteiger partial charge in [-0.15, -0.1) is 0 Å². The number of aryl methyl sites for hydroxylation is 2. The Morgan fingerprint density at radius 2 is 2.16 bits per heavy atom. The van der Waals surface area contributed by atoms with Gasteiger partial charge in [-0.1, -0.05) is 18.2 Å². The van der Waals surface area contributed by atoms with E-state index < -0.39 is 0 Å². The summed E-state index contributed by atoms with van der Waals surface area (Å²) >= 11 is 0. The number of nitrogens with one attached hydrogen (secondary N) is 1. The van der Waals surface area contributed by atoms with Gasteiger partial charge in [0.15, 0.2) is 0 Å². The van der Waals surface area contributed by atoms with Crippen molar-refractivity contribution in [3.63, 3.8) is 0 Å². The fourth-order valence-corrected chi connectivity index (χ4v) is 3.34. The third kappa shape index (κ3) is 2.93. The SMILES string of the molecule is Cc1nc2c(c(=O)[nH]1)CCN(C(=O)CCn1ncc3ccccc31)C2. The van der Waals surface area contributed by atoms with E-state index in [0.29, 0.717) is 49.6 Å². The molecule has 0 saturated heterocycles. The number of carbonyl (C=O) groups is 1. The van der Waals surface area contributed by atoms with Crippen LogP contribution in [0, 0.1) is 6.92 Å². The minimum Gasteiger partial charge on any atom is -0.336 e. The molecule has 2 aromatic heterocycles. The summed E-state index contributed by atoms with van der Waals surface area (Å²) < 4.78 is 1.86. The number of carbonyl (C=O) groups excluding carboxylic acids is 1. The first-order chi connectivity index (χ1) is 12.1. The van der Waals surface area contributed by atoms with Crippen LogP contribution >= 0.6 is 0 Å². The van der Waals surface area contributed by atoms with E-state index in [9.17, 15) is 9.59 Å². The number of nitrogens with zero attached hydrogens (tertiary/aromatic N) is 4. The molecule has 0 bridgehead atoms. The fourth-order valence-electron chi connectivity index (χ4n) is 3.34. The lowest BCUT2D eigenvalue weighted by molar-refractivity contribution is -0.132. The maximum atomic E-state index is 12.6. The molecular weight excluding hydrogens is 318 g/mol. The highest BCUT2D eigenvalue weighted by atomic mass is 16.2. The molecule has 0 unspecified atom stereocenters. The molecule has 7 nitrogen and oxygen atoms in total. The van der Waals surface area contributed by atoms with Gasteiger partial charge in [0.25, 0.3) is 5.56 Å². The van der Waals surface area contributed by atoms with Crippen molar-refractivity contribution in [2.75, 3.05) is 6.54 Å². The van der Waals surface area contributed by atoms with E-state index in [1.54, 1.807) is 11.8 Å². The topological polar surface area (TPSA) is 83.9 Å². The molecule has 0 atom stereocenters. The number of fused-ring (bicyclic) bond motifs is 2. The molecule has 0 aliphatic carbocycles. The van der Waals surface area contributed by atoms with Crippen molar-refractivity contribution in [3.8, 4) is 0 Å². The first-order valence-corrected chi connectivity index (χ1v) is 8.39. The summed E-state index contributed by atoms with van der Waals surface area (Å²) in [7, 11) is 0. The van der Waals surface area contributed by atoms with Gasteiger partial charge in [0.05, 0.1) is 30.5 Å². The molecule has 1 N–H and O–H groups in total. The van der Waals surface area contributed by atoms with Crippen LogP contribution in [0.4, 0.5) is 0 Å². The second kappa shape index (κ2) is 6.16. The summed E-state index contributed by atoms with van der Waals surface area (Å²) in [6.07, 6.45) is 2.74. The van der Waals surface area contributed by atoms with Gasteiger partial charge < -0.3 is 9.88 Å². The lowest BCUT2D eigenvalue weighted by Gasteiger charge is -2.27. The Morgan fingerprint density at radius 3 is 3.04 bits per heavy atom. The van der Waals surface area contributed by atoms with E-state index >= 15 is 0 Å². The Bertz CT molecular complexity index is 1000. The summed E-state index contributed by atoms with van der Waals surface area (Å²) in [5.41, 5.74) is 2.36. The third-order valence-electron chi connectivity index (χ3n) is 4.63. The molecule has 0 radical (unpaired) electrons. The number of rotatable bonds is 3. The van der Waals surface area contributed by atoms with Gasteiger partial charge in [-0.25, -0.2) is 4.98 Å². The molecule has 1 amide bonds. The molecule has 1 aliphatic rings. The van der Waals surface area contributed by atoms with E-state index in [1.165, 1.54) is 0 Å². The second-order valence-electron chi connectivity index (χ2n) is 6.32. The van der Waals surface area contributed by atoms with Crippen LogP contribution in [0.2, 0.25) is 0 Å². The van der Waals surface area contributed by atoms with Gasteiger partial charge in [0.1, 0.15) is 5.82 Å². The lowest BCUT2D eigenvalue weighted by Crippen LogP contribution is -2.39. The standard InChI is InChI=1S/C18H19N5O2/c1-12-20-15-11-22(8-6-14(15)18(25)21-12)17(24)7-9-23-16-5-3-2-4-13(16)10-19-23/h2-5,10H,6-9,11H2,1H3,(H,20,21,25). The molecular formula is C18H19N5O2. The highest BCUT2D eigenvalue weighted by Crippen LogP contribution is 2.16. The van der Waals surface area contributed by atoms with Crippen molar-refractivity contribution in [1.29, 1.82) is 0 Å². The first-order valence-electron chi connectivity index (χ1n) is 8.39. The molecule has 3 heterocycles.